The van der Waals surface area contributed by atoms with Crippen molar-refractivity contribution in [3.63, 3.8) is 0 Å². The Balaban J connectivity index is 2.46. The minimum Gasteiger partial charge on any atom is -0.384 e. The predicted molar refractivity (Wildman–Crippen MR) is 62.6 cm³/mol. The Kier molecular flexibility index (Phi) is 2.85. The maximum Gasteiger partial charge on any atom is 0.127 e. The minimum absolute atomic E-state index is 0.483. The van der Waals surface area contributed by atoms with Crippen molar-refractivity contribution in [2.24, 2.45) is 7.05 Å². The van der Waals surface area contributed by atoms with Crippen LogP contribution >= 0.6 is 0 Å². The standard InChI is InChI=1S/C11H15N5/c1-3-4-9-8(6-16(2)15-9)10-5-11(12)14-7-13-10/h5-7H,3-4H2,1-2H3,(H2,12,13,14). The van der Waals surface area contributed by atoms with Gasteiger partial charge in [-0.1, -0.05) is 13.3 Å². The summed E-state index contributed by atoms with van der Waals surface area (Å²) in [6.07, 6.45) is 5.45. The number of hydrogen-bond acceptors (Lipinski definition) is 4. The molecule has 5 heteroatoms. The van der Waals surface area contributed by atoms with Crippen LogP contribution in [0.3, 0.4) is 0 Å². The summed E-state index contributed by atoms with van der Waals surface area (Å²) in [5.41, 5.74) is 8.58. The van der Waals surface area contributed by atoms with E-state index in [1.165, 1.54) is 6.33 Å². The number of nitrogens with zero attached hydrogens (tertiary/aromatic N) is 4. The Hall–Kier alpha value is -1.91. The van der Waals surface area contributed by atoms with E-state index >= 15 is 0 Å². The van der Waals surface area contributed by atoms with Gasteiger partial charge in [0.2, 0.25) is 0 Å². The van der Waals surface area contributed by atoms with Gasteiger partial charge in [-0.25, -0.2) is 9.97 Å². The summed E-state index contributed by atoms with van der Waals surface area (Å²) >= 11 is 0. The first-order chi connectivity index (χ1) is 7.70. The maximum atomic E-state index is 5.65. The average Bonchev–Trinajstić information content (AvgIpc) is 2.60. The van der Waals surface area contributed by atoms with Crippen molar-refractivity contribution in [3.8, 4) is 11.3 Å². The number of aromatic nitrogens is 4. The quantitative estimate of drug-likeness (QED) is 0.844. The molecular formula is C11H15N5. The summed E-state index contributed by atoms with van der Waals surface area (Å²) in [7, 11) is 1.91. The molecule has 0 atom stereocenters. The molecule has 0 amide bonds. The fraction of sp³-hybridized carbons (Fsp3) is 0.364. The third-order valence-electron chi connectivity index (χ3n) is 2.36. The first kappa shape index (κ1) is 10.6. The molecule has 0 aliphatic carbocycles. The topological polar surface area (TPSA) is 69.6 Å². The molecule has 5 nitrogen and oxygen atoms in total. The van der Waals surface area contributed by atoms with Crippen molar-refractivity contribution < 1.29 is 0 Å². The first-order valence-corrected chi connectivity index (χ1v) is 5.31. The molecule has 0 aliphatic rings. The smallest absolute Gasteiger partial charge is 0.127 e. The number of hydrogen-bond donors (Lipinski definition) is 1. The van der Waals surface area contributed by atoms with Gasteiger partial charge in [-0.05, 0) is 6.42 Å². The molecule has 0 unspecified atom stereocenters. The molecule has 84 valence electrons. The Morgan fingerprint density at radius 3 is 2.88 bits per heavy atom. The lowest BCUT2D eigenvalue weighted by molar-refractivity contribution is 0.733. The largest absolute Gasteiger partial charge is 0.384 e. The molecular weight excluding hydrogens is 202 g/mol. The van der Waals surface area contributed by atoms with E-state index in [4.69, 9.17) is 5.73 Å². The highest BCUT2D eigenvalue weighted by Crippen LogP contribution is 2.22. The van der Waals surface area contributed by atoms with Crippen LogP contribution < -0.4 is 5.73 Å². The summed E-state index contributed by atoms with van der Waals surface area (Å²) in [6, 6.07) is 1.77. The van der Waals surface area contributed by atoms with Gasteiger partial charge >= 0.3 is 0 Å². The van der Waals surface area contributed by atoms with Crippen LogP contribution in [0.4, 0.5) is 5.82 Å². The molecule has 2 aromatic rings. The monoisotopic (exact) mass is 217 g/mol. The molecule has 2 rings (SSSR count). The lowest BCUT2D eigenvalue weighted by Gasteiger charge is -2.00. The Labute approximate surface area is 94.3 Å². The van der Waals surface area contributed by atoms with Crippen molar-refractivity contribution >= 4 is 5.82 Å². The van der Waals surface area contributed by atoms with Gasteiger partial charge in [-0.3, -0.25) is 4.68 Å². The molecule has 0 radical (unpaired) electrons. The average molecular weight is 217 g/mol. The highest BCUT2D eigenvalue weighted by Gasteiger charge is 2.10. The third-order valence-corrected chi connectivity index (χ3v) is 2.36. The zero-order valence-corrected chi connectivity index (χ0v) is 9.51. The van der Waals surface area contributed by atoms with Crippen LogP contribution in [0.1, 0.15) is 19.0 Å². The molecule has 0 aliphatic heterocycles. The maximum absolute atomic E-state index is 5.65. The van der Waals surface area contributed by atoms with E-state index < -0.39 is 0 Å². The van der Waals surface area contributed by atoms with Crippen LogP contribution in [-0.4, -0.2) is 19.7 Å². The second kappa shape index (κ2) is 4.30. The van der Waals surface area contributed by atoms with E-state index in [-0.39, 0.29) is 0 Å². The normalized spacial score (nSPS) is 10.6. The zero-order chi connectivity index (χ0) is 11.5. The van der Waals surface area contributed by atoms with E-state index in [0.717, 1.165) is 29.8 Å². The van der Waals surface area contributed by atoms with Crippen LogP contribution in [-0.2, 0) is 13.5 Å². The zero-order valence-electron chi connectivity index (χ0n) is 9.51. The summed E-state index contributed by atoms with van der Waals surface area (Å²) in [5.74, 6) is 0.483. The number of anilines is 1. The second-order valence-corrected chi connectivity index (χ2v) is 3.74. The van der Waals surface area contributed by atoms with Gasteiger partial charge in [-0.15, -0.1) is 0 Å². The van der Waals surface area contributed by atoms with Gasteiger partial charge in [0, 0.05) is 24.9 Å². The molecule has 16 heavy (non-hydrogen) atoms. The van der Waals surface area contributed by atoms with Crippen LogP contribution in [0.2, 0.25) is 0 Å². The lowest BCUT2D eigenvalue weighted by Crippen LogP contribution is -1.94. The number of nitrogens with two attached hydrogens (primary N) is 1. The van der Waals surface area contributed by atoms with Crippen LogP contribution in [0.15, 0.2) is 18.6 Å². The lowest BCUT2D eigenvalue weighted by atomic mass is 10.1. The minimum atomic E-state index is 0.483. The van der Waals surface area contributed by atoms with E-state index in [9.17, 15) is 0 Å². The number of rotatable bonds is 3. The van der Waals surface area contributed by atoms with E-state index in [1.807, 2.05) is 13.2 Å². The SMILES string of the molecule is CCCc1nn(C)cc1-c1cc(N)ncn1. The van der Waals surface area contributed by atoms with Gasteiger partial charge in [0.25, 0.3) is 0 Å². The molecule has 0 saturated carbocycles. The Bertz CT molecular complexity index is 489. The highest BCUT2D eigenvalue weighted by molar-refractivity contribution is 5.63. The second-order valence-electron chi connectivity index (χ2n) is 3.74. The molecule has 0 spiro atoms. The van der Waals surface area contributed by atoms with E-state index in [0.29, 0.717) is 5.82 Å². The van der Waals surface area contributed by atoms with Crippen molar-refractivity contribution in [1.82, 2.24) is 19.7 Å². The van der Waals surface area contributed by atoms with Crippen LogP contribution in [0, 0.1) is 0 Å². The van der Waals surface area contributed by atoms with Gasteiger partial charge in [-0.2, -0.15) is 5.10 Å². The van der Waals surface area contributed by atoms with Crippen molar-refractivity contribution in [2.75, 3.05) is 5.73 Å². The molecule has 0 fully saturated rings. The van der Waals surface area contributed by atoms with Gasteiger partial charge in [0.05, 0.1) is 11.4 Å². The number of nitrogen functional groups attached to an aromatic ring is 1. The molecule has 0 saturated heterocycles. The summed E-state index contributed by atoms with van der Waals surface area (Å²) in [6.45, 7) is 2.13. The molecule has 0 bridgehead atoms. The Morgan fingerprint density at radius 2 is 2.19 bits per heavy atom. The van der Waals surface area contributed by atoms with Gasteiger partial charge in [0.15, 0.2) is 0 Å². The van der Waals surface area contributed by atoms with Gasteiger partial charge < -0.3 is 5.73 Å². The first-order valence-electron chi connectivity index (χ1n) is 5.31. The molecule has 2 aromatic heterocycles. The van der Waals surface area contributed by atoms with Gasteiger partial charge in [0.1, 0.15) is 12.1 Å². The summed E-state index contributed by atoms with van der Waals surface area (Å²) < 4.78 is 1.80. The fourth-order valence-electron chi connectivity index (χ4n) is 1.69. The van der Waals surface area contributed by atoms with Crippen LogP contribution in [0.25, 0.3) is 11.3 Å². The number of aryl methyl sites for hydroxylation is 2. The third kappa shape index (κ3) is 2.03. The molecule has 2 N–H and O–H groups in total. The fourth-order valence-corrected chi connectivity index (χ4v) is 1.69. The summed E-state index contributed by atoms with van der Waals surface area (Å²) in [4.78, 5) is 8.11. The highest BCUT2D eigenvalue weighted by atomic mass is 15.3. The van der Waals surface area contributed by atoms with E-state index in [1.54, 1.807) is 10.7 Å². The van der Waals surface area contributed by atoms with Crippen molar-refractivity contribution in [2.45, 2.75) is 19.8 Å². The molecule has 0 aromatic carbocycles. The Morgan fingerprint density at radius 1 is 1.38 bits per heavy atom. The van der Waals surface area contributed by atoms with E-state index in [2.05, 4.69) is 22.0 Å². The summed E-state index contributed by atoms with van der Waals surface area (Å²) in [5, 5.41) is 4.42. The van der Waals surface area contributed by atoms with Crippen molar-refractivity contribution in [3.05, 3.63) is 24.3 Å². The molecule has 2 heterocycles. The van der Waals surface area contributed by atoms with Crippen molar-refractivity contribution in [1.29, 1.82) is 0 Å². The van der Waals surface area contributed by atoms with Crippen LogP contribution in [0.5, 0.6) is 0 Å². The predicted octanol–water partition coefficient (Wildman–Crippen LogP) is 1.41.